The lowest BCUT2D eigenvalue weighted by molar-refractivity contribution is -0.128. The van der Waals surface area contributed by atoms with Gasteiger partial charge in [-0.3, -0.25) is 14.8 Å². The zero-order chi connectivity index (χ0) is 19.4. The minimum Gasteiger partial charge on any atom is -0.505 e. The molecule has 0 aliphatic heterocycles. The van der Waals surface area contributed by atoms with E-state index in [0.717, 1.165) is 0 Å². The number of hydrogen-bond donors (Lipinski definition) is 4. The number of carbonyl (C=O) groups is 2. The number of pyridine rings is 1. The van der Waals surface area contributed by atoms with Gasteiger partial charge in [0, 0.05) is 16.5 Å². The van der Waals surface area contributed by atoms with E-state index in [4.69, 9.17) is 9.94 Å². The Morgan fingerprint density at radius 3 is 2.52 bits per heavy atom. The third-order valence-electron chi connectivity index (χ3n) is 3.87. The predicted molar refractivity (Wildman–Crippen MR) is 96.9 cm³/mol. The lowest BCUT2D eigenvalue weighted by Crippen LogP contribution is -2.35. The standard InChI is InChI=1S/C19H17N3O5/c1-11-15-9-13(27-12-5-3-2-4-6-12)7-8-14(15)18(24)17(21-11)19(25)20-10-16(23)22-26/h2-9,24,26H,10H2,1H3,(H,20,25)(H,22,23). The molecule has 0 bridgehead atoms. The summed E-state index contributed by atoms with van der Waals surface area (Å²) in [5, 5.41) is 22.2. The number of ether oxygens (including phenoxy) is 1. The highest BCUT2D eigenvalue weighted by molar-refractivity contribution is 6.03. The summed E-state index contributed by atoms with van der Waals surface area (Å²) in [5.74, 6) is -0.586. The second kappa shape index (κ2) is 7.71. The van der Waals surface area contributed by atoms with Gasteiger partial charge in [0.15, 0.2) is 11.4 Å². The van der Waals surface area contributed by atoms with Crippen molar-refractivity contribution >= 4 is 22.6 Å². The van der Waals surface area contributed by atoms with Crippen molar-refractivity contribution in [3.05, 3.63) is 59.9 Å². The molecule has 27 heavy (non-hydrogen) atoms. The van der Waals surface area contributed by atoms with E-state index in [1.807, 2.05) is 30.3 Å². The van der Waals surface area contributed by atoms with Crippen molar-refractivity contribution < 1.29 is 24.6 Å². The number of nitrogens with one attached hydrogen (secondary N) is 2. The van der Waals surface area contributed by atoms with Crippen LogP contribution in [0.4, 0.5) is 0 Å². The van der Waals surface area contributed by atoms with Crippen LogP contribution < -0.4 is 15.5 Å². The first-order valence-corrected chi connectivity index (χ1v) is 8.07. The first kappa shape index (κ1) is 18.2. The molecule has 8 heteroatoms. The van der Waals surface area contributed by atoms with Crippen molar-refractivity contribution in [2.45, 2.75) is 6.92 Å². The smallest absolute Gasteiger partial charge is 0.274 e. The molecule has 2 aromatic carbocycles. The molecule has 0 atom stereocenters. The molecule has 2 amide bonds. The molecule has 4 N–H and O–H groups in total. The normalized spacial score (nSPS) is 10.4. The number of aryl methyl sites for hydroxylation is 1. The Hall–Kier alpha value is -3.65. The van der Waals surface area contributed by atoms with E-state index in [0.29, 0.717) is 28.0 Å². The van der Waals surface area contributed by atoms with Gasteiger partial charge in [0.25, 0.3) is 11.8 Å². The summed E-state index contributed by atoms with van der Waals surface area (Å²) in [6.07, 6.45) is 0. The zero-order valence-corrected chi connectivity index (χ0v) is 14.4. The molecular weight excluding hydrogens is 350 g/mol. The van der Waals surface area contributed by atoms with Crippen LogP contribution in [0.25, 0.3) is 10.8 Å². The summed E-state index contributed by atoms with van der Waals surface area (Å²) >= 11 is 0. The number of hydrogen-bond acceptors (Lipinski definition) is 6. The second-order valence-electron chi connectivity index (χ2n) is 5.73. The molecular formula is C19H17N3O5. The molecule has 0 radical (unpaired) electrons. The highest BCUT2D eigenvalue weighted by Gasteiger charge is 2.19. The number of rotatable bonds is 5. The van der Waals surface area contributed by atoms with Gasteiger partial charge in [0.2, 0.25) is 0 Å². The lowest BCUT2D eigenvalue weighted by atomic mass is 10.1. The van der Waals surface area contributed by atoms with Crippen LogP contribution in [0, 0.1) is 6.92 Å². The van der Waals surface area contributed by atoms with Gasteiger partial charge >= 0.3 is 0 Å². The van der Waals surface area contributed by atoms with Gasteiger partial charge in [-0.2, -0.15) is 0 Å². The SMILES string of the molecule is Cc1nc(C(=O)NCC(=O)NO)c(O)c2ccc(Oc3ccccc3)cc12. The van der Waals surface area contributed by atoms with Crippen molar-refractivity contribution in [1.29, 1.82) is 0 Å². The Bertz CT molecular complexity index is 1010. The van der Waals surface area contributed by atoms with Gasteiger partial charge in [0.1, 0.15) is 11.5 Å². The summed E-state index contributed by atoms with van der Waals surface area (Å²) < 4.78 is 5.78. The van der Waals surface area contributed by atoms with Gasteiger partial charge < -0.3 is 15.2 Å². The van der Waals surface area contributed by atoms with Crippen LogP contribution in [0.2, 0.25) is 0 Å². The first-order chi connectivity index (χ1) is 13.0. The number of hydroxylamine groups is 1. The Morgan fingerprint density at radius 1 is 1.07 bits per heavy atom. The minimum atomic E-state index is -0.789. The highest BCUT2D eigenvalue weighted by Crippen LogP contribution is 2.33. The molecule has 1 aromatic heterocycles. The average molecular weight is 367 g/mol. The summed E-state index contributed by atoms with van der Waals surface area (Å²) in [4.78, 5) is 27.3. The molecule has 3 rings (SSSR count). The third kappa shape index (κ3) is 3.96. The van der Waals surface area contributed by atoms with E-state index in [1.165, 1.54) is 5.48 Å². The molecule has 0 saturated carbocycles. The monoisotopic (exact) mass is 367 g/mol. The van der Waals surface area contributed by atoms with Crippen molar-refractivity contribution in [1.82, 2.24) is 15.8 Å². The van der Waals surface area contributed by atoms with E-state index >= 15 is 0 Å². The maximum absolute atomic E-state index is 12.2. The van der Waals surface area contributed by atoms with Gasteiger partial charge in [-0.15, -0.1) is 0 Å². The minimum absolute atomic E-state index is 0.206. The molecule has 0 aliphatic rings. The van der Waals surface area contributed by atoms with Gasteiger partial charge in [-0.05, 0) is 37.3 Å². The van der Waals surface area contributed by atoms with Crippen LogP contribution >= 0.6 is 0 Å². The van der Waals surface area contributed by atoms with Crippen LogP contribution in [0.5, 0.6) is 17.2 Å². The molecule has 138 valence electrons. The van der Waals surface area contributed by atoms with Crippen LogP contribution in [-0.4, -0.2) is 33.7 Å². The summed E-state index contributed by atoms with van der Waals surface area (Å²) in [6.45, 7) is 1.25. The fourth-order valence-electron chi connectivity index (χ4n) is 2.57. The summed E-state index contributed by atoms with van der Waals surface area (Å²) in [5.41, 5.74) is 1.71. The number of nitrogens with zero attached hydrogens (tertiary/aromatic N) is 1. The van der Waals surface area contributed by atoms with E-state index in [2.05, 4.69) is 10.3 Å². The number of aromatic hydroxyl groups is 1. The van der Waals surface area contributed by atoms with E-state index in [1.54, 1.807) is 25.1 Å². The number of carbonyl (C=O) groups excluding carboxylic acids is 2. The van der Waals surface area contributed by atoms with Gasteiger partial charge in [0.05, 0.1) is 6.54 Å². The van der Waals surface area contributed by atoms with E-state index < -0.39 is 18.4 Å². The third-order valence-corrected chi connectivity index (χ3v) is 3.87. The molecule has 0 fully saturated rings. The topological polar surface area (TPSA) is 121 Å². The molecule has 0 aliphatic carbocycles. The molecule has 0 saturated heterocycles. The Morgan fingerprint density at radius 2 is 1.81 bits per heavy atom. The van der Waals surface area contributed by atoms with Crippen molar-refractivity contribution in [2.24, 2.45) is 0 Å². The zero-order valence-electron chi connectivity index (χ0n) is 14.4. The number of amides is 2. The highest BCUT2D eigenvalue weighted by atomic mass is 16.5. The number of para-hydroxylation sites is 1. The lowest BCUT2D eigenvalue weighted by Gasteiger charge is -2.12. The number of fused-ring (bicyclic) bond motifs is 1. The van der Waals surface area contributed by atoms with Crippen LogP contribution in [0.3, 0.4) is 0 Å². The fraction of sp³-hybridized carbons (Fsp3) is 0.105. The molecule has 0 unspecified atom stereocenters. The van der Waals surface area contributed by atoms with Crippen molar-refractivity contribution in [3.63, 3.8) is 0 Å². The van der Waals surface area contributed by atoms with Crippen LogP contribution in [-0.2, 0) is 4.79 Å². The van der Waals surface area contributed by atoms with Crippen molar-refractivity contribution in [3.8, 4) is 17.2 Å². The van der Waals surface area contributed by atoms with Crippen LogP contribution in [0.15, 0.2) is 48.5 Å². The second-order valence-corrected chi connectivity index (χ2v) is 5.73. The molecule has 0 spiro atoms. The Labute approximate surface area is 154 Å². The van der Waals surface area contributed by atoms with Gasteiger partial charge in [-0.1, -0.05) is 18.2 Å². The quantitative estimate of drug-likeness (QED) is 0.406. The predicted octanol–water partition coefficient (Wildman–Crippen LogP) is 2.28. The van der Waals surface area contributed by atoms with Crippen LogP contribution in [0.1, 0.15) is 16.2 Å². The molecule has 8 nitrogen and oxygen atoms in total. The summed E-state index contributed by atoms with van der Waals surface area (Å²) in [7, 11) is 0. The molecule has 3 aromatic rings. The number of aromatic nitrogens is 1. The summed E-state index contributed by atoms with van der Waals surface area (Å²) in [6, 6.07) is 14.3. The largest absolute Gasteiger partial charge is 0.505 e. The number of benzene rings is 2. The Kier molecular flexibility index (Phi) is 5.18. The fourth-order valence-corrected chi connectivity index (χ4v) is 2.57. The van der Waals surface area contributed by atoms with Gasteiger partial charge in [-0.25, -0.2) is 10.5 Å². The molecule has 1 heterocycles. The first-order valence-electron chi connectivity index (χ1n) is 8.07. The maximum Gasteiger partial charge on any atom is 0.274 e. The van der Waals surface area contributed by atoms with Crippen molar-refractivity contribution in [2.75, 3.05) is 6.54 Å². The Balaban J connectivity index is 1.92. The average Bonchev–Trinajstić information content (AvgIpc) is 2.69. The maximum atomic E-state index is 12.2. The van der Waals surface area contributed by atoms with E-state index in [9.17, 15) is 14.7 Å². The van der Waals surface area contributed by atoms with E-state index in [-0.39, 0.29) is 11.4 Å².